The molecular formula is C22H11ClF5NO3S. The summed E-state index contributed by atoms with van der Waals surface area (Å²) in [5.74, 6) is -12.4. The van der Waals surface area contributed by atoms with Crippen molar-refractivity contribution in [1.82, 2.24) is 4.98 Å². The molecule has 4 nitrogen and oxygen atoms in total. The molecule has 33 heavy (non-hydrogen) atoms. The van der Waals surface area contributed by atoms with Crippen molar-refractivity contribution in [3.63, 3.8) is 0 Å². The van der Waals surface area contributed by atoms with Crippen molar-refractivity contribution < 1.29 is 35.1 Å². The van der Waals surface area contributed by atoms with Crippen LogP contribution in [-0.2, 0) is 11.1 Å². The van der Waals surface area contributed by atoms with Gasteiger partial charge >= 0.3 is 0 Å². The monoisotopic (exact) mass is 499 g/mol. The first-order valence-corrected chi connectivity index (χ1v) is 10.5. The quantitative estimate of drug-likeness (QED) is 0.182. The zero-order valence-corrected chi connectivity index (χ0v) is 18.0. The number of rotatable bonds is 5. The number of ether oxygens (including phenoxy) is 1. The smallest absolute Gasteiger partial charge is 0.240 e. The van der Waals surface area contributed by atoms with E-state index in [9.17, 15) is 26.2 Å². The summed E-state index contributed by atoms with van der Waals surface area (Å²) < 4.78 is 90.2. The molecule has 0 aliphatic heterocycles. The summed E-state index contributed by atoms with van der Waals surface area (Å²) >= 11 is 3.41. The Morgan fingerprint density at radius 1 is 0.879 bits per heavy atom. The van der Waals surface area contributed by atoms with Crippen LogP contribution in [0.4, 0.5) is 22.0 Å². The Morgan fingerprint density at radius 2 is 1.55 bits per heavy atom. The van der Waals surface area contributed by atoms with E-state index in [1.54, 1.807) is 24.3 Å². The molecule has 0 fully saturated rings. The van der Waals surface area contributed by atoms with Crippen LogP contribution in [0.25, 0.3) is 22.0 Å². The molecule has 1 heterocycles. The highest BCUT2D eigenvalue weighted by Crippen LogP contribution is 2.36. The van der Waals surface area contributed by atoms with Gasteiger partial charge in [-0.3, -0.25) is 4.98 Å². The summed E-state index contributed by atoms with van der Waals surface area (Å²) in [6, 6.07) is 10.8. The minimum atomic E-state index is -2.59. The molecule has 0 saturated carbocycles. The standard InChI is InChI=1S/C22H11ClF5NO3S/c1-31-15-9-11(23)2-4-14(15)21-13-5-3-12(8-10(13)6-7-29-21)33(30)32-22-19(27)17(25)16(24)18(26)20(22)28/h2-9H,1H3. The van der Waals surface area contributed by atoms with Crippen LogP contribution < -0.4 is 8.92 Å². The molecule has 0 amide bonds. The van der Waals surface area contributed by atoms with Gasteiger partial charge in [0.2, 0.25) is 45.9 Å². The van der Waals surface area contributed by atoms with Gasteiger partial charge in [-0.05, 0) is 41.8 Å². The van der Waals surface area contributed by atoms with Crippen molar-refractivity contribution in [3.8, 4) is 22.8 Å². The third-order valence-corrected chi connectivity index (χ3v) is 5.87. The van der Waals surface area contributed by atoms with E-state index in [1.807, 2.05) is 0 Å². The van der Waals surface area contributed by atoms with E-state index in [0.717, 1.165) is 0 Å². The topological polar surface area (TPSA) is 48.4 Å². The van der Waals surface area contributed by atoms with Gasteiger partial charge in [0.15, 0.2) is 0 Å². The highest BCUT2D eigenvalue weighted by Gasteiger charge is 2.29. The van der Waals surface area contributed by atoms with Crippen LogP contribution in [0.1, 0.15) is 0 Å². The number of hydrogen-bond acceptors (Lipinski definition) is 4. The SMILES string of the molecule is COc1cc(Cl)ccc1-c1nccc2cc(S(=O)Oc3c(F)c(F)c(F)c(F)c3F)ccc12. The molecule has 170 valence electrons. The Hall–Kier alpha value is -3.24. The number of nitrogens with zero attached hydrogens (tertiary/aromatic N) is 1. The van der Waals surface area contributed by atoms with Crippen LogP contribution in [-0.4, -0.2) is 16.3 Å². The summed E-state index contributed by atoms with van der Waals surface area (Å²) in [6.45, 7) is 0. The largest absolute Gasteiger partial charge is 0.496 e. The Morgan fingerprint density at radius 3 is 2.21 bits per heavy atom. The van der Waals surface area contributed by atoms with Crippen LogP contribution in [0, 0.1) is 29.1 Å². The molecule has 0 saturated heterocycles. The van der Waals surface area contributed by atoms with E-state index < -0.39 is 45.9 Å². The molecule has 1 aromatic heterocycles. The highest BCUT2D eigenvalue weighted by atomic mass is 35.5. The normalized spacial score (nSPS) is 12.1. The minimum absolute atomic E-state index is 0.0772. The molecular weight excluding hydrogens is 489 g/mol. The Labute approximate surface area is 191 Å². The number of benzene rings is 3. The van der Waals surface area contributed by atoms with Gasteiger partial charge in [-0.25, -0.2) is 17.4 Å². The van der Waals surface area contributed by atoms with Crippen LogP contribution in [0.3, 0.4) is 0 Å². The number of methoxy groups -OCH3 is 1. The summed E-state index contributed by atoms with van der Waals surface area (Å²) in [5, 5.41) is 1.58. The molecule has 4 rings (SSSR count). The van der Waals surface area contributed by atoms with Gasteiger partial charge in [0.25, 0.3) is 0 Å². The van der Waals surface area contributed by atoms with Crippen molar-refractivity contribution in [2.75, 3.05) is 7.11 Å². The molecule has 0 bridgehead atoms. The minimum Gasteiger partial charge on any atom is -0.496 e. The fourth-order valence-corrected chi connectivity index (χ4v) is 4.08. The fourth-order valence-electron chi connectivity index (χ4n) is 3.12. The zero-order chi connectivity index (χ0) is 23.9. The molecule has 3 aromatic carbocycles. The van der Waals surface area contributed by atoms with Gasteiger partial charge < -0.3 is 8.92 Å². The second-order valence-corrected chi connectivity index (χ2v) is 8.15. The first kappa shape index (κ1) is 22.9. The molecule has 0 aliphatic rings. The van der Waals surface area contributed by atoms with E-state index >= 15 is 0 Å². The van der Waals surface area contributed by atoms with Crippen molar-refractivity contribution in [3.05, 3.63) is 82.8 Å². The predicted molar refractivity (Wildman–Crippen MR) is 112 cm³/mol. The lowest BCUT2D eigenvalue weighted by Gasteiger charge is -2.12. The van der Waals surface area contributed by atoms with Gasteiger partial charge in [-0.2, -0.15) is 8.78 Å². The Bertz CT molecular complexity index is 1400. The second kappa shape index (κ2) is 8.95. The molecule has 4 aromatic rings. The Balaban J connectivity index is 1.74. The van der Waals surface area contributed by atoms with Crippen LogP contribution in [0.2, 0.25) is 5.02 Å². The van der Waals surface area contributed by atoms with Gasteiger partial charge in [-0.1, -0.05) is 17.7 Å². The fraction of sp³-hybridized carbons (Fsp3) is 0.0455. The lowest BCUT2D eigenvalue weighted by molar-refractivity contribution is 0.352. The van der Waals surface area contributed by atoms with Gasteiger partial charge in [0.1, 0.15) is 5.75 Å². The second-order valence-electron chi connectivity index (χ2n) is 6.60. The van der Waals surface area contributed by atoms with Gasteiger partial charge in [0.05, 0.1) is 17.7 Å². The molecule has 0 spiro atoms. The number of pyridine rings is 1. The first-order valence-electron chi connectivity index (χ1n) is 9.07. The maximum atomic E-state index is 13.9. The van der Waals surface area contributed by atoms with Crippen LogP contribution in [0.5, 0.6) is 11.5 Å². The lowest BCUT2D eigenvalue weighted by atomic mass is 10.0. The van der Waals surface area contributed by atoms with Gasteiger partial charge in [0, 0.05) is 22.2 Å². The highest BCUT2D eigenvalue weighted by molar-refractivity contribution is 7.80. The maximum absolute atomic E-state index is 13.9. The first-order chi connectivity index (χ1) is 15.7. The predicted octanol–water partition coefficient (Wildman–Crippen LogP) is 6.36. The van der Waals surface area contributed by atoms with Crippen molar-refractivity contribution in [2.45, 2.75) is 4.90 Å². The molecule has 11 heteroatoms. The molecule has 0 N–H and O–H groups in total. The van der Waals surface area contributed by atoms with Crippen molar-refractivity contribution >= 4 is 33.5 Å². The van der Waals surface area contributed by atoms with Crippen LogP contribution in [0.15, 0.2) is 53.6 Å². The van der Waals surface area contributed by atoms with Crippen molar-refractivity contribution in [1.29, 1.82) is 0 Å². The number of fused-ring (bicyclic) bond motifs is 1. The molecule has 0 radical (unpaired) electrons. The Kier molecular flexibility index (Phi) is 6.22. The zero-order valence-electron chi connectivity index (χ0n) is 16.5. The van der Waals surface area contributed by atoms with Gasteiger partial charge in [-0.15, -0.1) is 0 Å². The maximum Gasteiger partial charge on any atom is 0.240 e. The number of hydrogen-bond donors (Lipinski definition) is 0. The van der Waals surface area contributed by atoms with E-state index in [2.05, 4.69) is 9.17 Å². The van der Waals surface area contributed by atoms with E-state index in [1.165, 1.54) is 31.5 Å². The number of aromatic nitrogens is 1. The van der Waals surface area contributed by atoms with Crippen LogP contribution >= 0.6 is 11.6 Å². The summed E-state index contributed by atoms with van der Waals surface area (Å²) in [5.41, 5.74) is 1.14. The van der Waals surface area contributed by atoms with E-state index in [4.69, 9.17) is 16.3 Å². The average Bonchev–Trinajstić information content (AvgIpc) is 2.83. The van der Waals surface area contributed by atoms with E-state index in [-0.39, 0.29) is 4.90 Å². The third kappa shape index (κ3) is 4.11. The van der Waals surface area contributed by atoms with Crippen molar-refractivity contribution in [2.24, 2.45) is 0 Å². The summed E-state index contributed by atoms with van der Waals surface area (Å²) in [7, 11) is 1.47. The molecule has 1 atom stereocenters. The number of halogens is 6. The summed E-state index contributed by atoms with van der Waals surface area (Å²) in [4.78, 5) is 4.28. The molecule has 0 aliphatic carbocycles. The average molecular weight is 500 g/mol. The molecule has 1 unspecified atom stereocenters. The third-order valence-electron chi connectivity index (χ3n) is 4.68. The summed E-state index contributed by atoms with van der Waals surface area (Å²) in [6.07, 6.45) is 1.48. The lowest BCUT2D eigenvalue weighted by Crippen LogP contribution is -2.09. The van der Waals surface area contributed by atoms with E-state index in [0.29, 0.717) is 32.8 Å².